The summed E-state index contributed by atoms with van der Waals surface area (Å²) in [6.07, 6.45) is 1.52. The maximum Gasteiger partial charge on any atom is 0.199 e. The van der Waals surface area contributed by atoms with Gasteiger partial charge >= 0.3 is 0 Å². The Labute approximate surface area is 72.5 Å². The third kappa shape index (κ3) is 1.95. The lowest BCUT2D eigenvalue weighted by Crippen LogP contribution is -1.94. The van der Waals surface area contributed by atoms with E-state index in [-0.39, 0.29) is 0 Å². The van der Waals surface area contributed by atoms with E-state index >= 15 is 0 Å². The first-order valence-corrected chi connectivity index (χ1v) is 5.14. The van der Waals surface area contributed by atoms with E-state index in [1.54, 1.807) is 37.3 Å². The van der Waals surface area contributed by atoms with Crippen molar-refractivity contribution in [3.63, 3.8) is 0 Å². The van der Waals surface area contributed by atoms with Gasteiger partial charge in [-0.3, -0.25) is 0 Å². The van der Waals surface area contributed by atoms with Gasteiger partial charge in [-0.15, -0.1) is 0 Å². The topological polar surface area (TPSA) is 34.1 Å². The van der Waals surface area contributed by atoms with Crippen molar-refractivity contribution in [3.05, 3.63) is 41.8 Å². The predicted octanol–water partition coefficient (Wildman–Crippen LogP) is 1.99. The molecule has 1 aromatic rings. The zero-order chi connectivity index (χ0) is 9.03. The number of sulfone groups is 1. The predicted molar refractivity (Wildman–Crippen MR) is 48.4 cm³/mol. The third-order valence-corrected chi connectivity index (χ3v) is 2.95. The molecule has 12 heavy (non-hydrogen) atoms. The molecule has 3 heteroatoms. The lowest BCUT2D eigenvalue weighted by Gasteiger charge is -1.95. The summed E-state index contributed by atoms with van der Waals surface area (Å²) in [4.78, 5) is 0.336. The smallest absolute Gasteiger partial charge is 0.199 e. The first-order valence-electron chi connectivity index (χ1n) is 3.59. The number of allylic oxidation sites excluding steroid dienone is 1. The van der Waals surface area contributed by atoms with Crippen molar-refractivity contribution >= 4 is 9.84 Å². The highest BCUT2D eigenvalue weighted by molar-refractivity contribution is 7.94. The van der Waals surface area contributed by atoms with E-state index in [2.05, 4.69) is 0 Å². The first-order chi connectivity index (χ1) is 5.67. The maximum atomic E-state index is 11.3. The molecule has 0 N–H and O–H groups in total. The fourth-order valence-corrected chi connectivity index (χ4v) is 1.92. The second-order valence-corrected chi connectivity index (χ2v) is 4.16. The lowest BCUT2D eigenvalue weighted by molar-refractivity contribution is 0.604. The molecule has 0 bridgehead atoms. The molecule has 0 aromatic heterocycles. The van der Waals surface area contributed by atoms with Crippen LogP contribution in [0.2, 0.25) is 0 Å². The average molecular weight is 182 g/mol. The number of hydrogen-bond donors (Lipinski definition) is 0. The van der Waals surface area contributed by atoms with Crippen LogP contribution in [-0.2, 0) is 9.84 Å². The minimum absolute atomic E-state index is 0.336. The summed E-state index contributed by atoms with van der Waals surface area (Å²) in [5.74, 6) is 0. The quantitative estimate of drug-likeness (QED) is 0.701. The SMILES string of the molecule is C/C=C/S(=O)(=O)c1ccccc1. The normalized spacial score (nSPS) is 12.1. The van der Waals surface area contributed by atoms with E-state index in [9.17, 15) is 8.42 Å². The molecule has 0 radical (unpaired) electrons. The maximum absolute atomic E-state index is 11.3. The van der Waals surface area contributed by atoms with Crippen LogP contribution in [0.4, 0.5) is 0 Å². The zero-order valence-electron chi connectivity index (χ0n) is 6.77. The summed E-state index contributed by atoms with van der Waals surface area (Å²) >= 11 is 0. The van der Waals surface area contributed by atoms with Crippen LogP contribution < -0.4 is 0 Å². The van der Waals surface area contributed by atoms with Gasteiger partial charge in [0.05, 0.1) is 4.90 Å². The van der Waals surface area contributed by atoms with Gasteiger partial charge in [-0.05, 0) is 19.1 Å². The second kappa shape index (κ2) is 3.54. The van der Waals surface area contributed by atoms with Crippen LogP contribution in [0.25, 0.3) is 0 Å². The Hall–Kier alpha value is -1.09. The van der Waals surface area contributed by atoms with Gasteiger partial charge in [0.1, 0.15) is 0 Å². The zero-order valence-corrected chi connectivity index (χ0v) is 7.58. The molecule has 0 amide bonds. The highest BCUT2D eigenvalue weighted by Crippen LogP contribution is 2.10. The lowest BCUT2D eigenvalue weighted by atomic mass is 10.4. The molecule has 2 nitrogen and oxygen atoms in total. The summed E-state index contributed by atoms with van der Waals surface area (Å²) in [5, 5.41) is 1.20. The molecule has 0 heterocycles. The van der Waals surface area contributed by atoms with Crippen molar-refractivity contribution < 1.29 is 8.42 Å². The van der Waals surface area contributed by atoms with Crippen molar-refractivity contribution in [2.75, 3.05) is 0 Å². The van der Waals surface area contributed by atoms with Crippen LogP contribution in [0.15, 0.2) is 46.7 Å². The highest BCUT2D eigenvalue weighted by atomic mass is 32.2. The molecule has 0 spiro atoms. The van der Waals surface area contributed by atoms with Gasteiger partial charge < -0.3 is 0 Å². The highest BCUT2D eigenvalue weighted by Gasteiger charge is 2.07. The van der Waals surface area contributed by atoms with Gasteiger partial charge in [0.25, 0.3) is 0 Å². The Kier molecular flexibility index (Phi) is 2.65. The molecule has 0 unspecified atom stereocenters. The largest absolute Gasteiger partial charge is 0.219 e. The van der Waals surface area contributed by atoms with Crippen LogP contribution in [0.3, 0.4) is 0 Å². The third-order valence-electron chi connectivity index (χ3n) is 1.39. The Morgan fingerprint density at radius 3 is 2.25 bits per heavy atom. The Balaban J connectivity index is 3.16. The van der Waals surface area contributed by atoms with Gasteiger partial charge in [-0.2, -0.15) is 0 Å². The number of hydrogen-bond acceptors (Lipinski definition) is 2. The number of rotatable bonds is 2. The monoisotopic (exact) mass is 182 g/mol. The summed E-state index contributed by atoms with van der Waals surface area (Å²) in [6.45, 7) is 1.68. The van der Waals surface area contributed by atoms with Crippen LogP contribution >= 0.6 is 0 Å². The van der Waals surface area contributed by atoms with E-state index in [1.165, 1.54) is 11.5 Å². The Morgan fingerprint density at radius 2 is 1.75 bits per heavy atom. The molecule has 0 atom stereocenters. The Morgan fingerprint density at radius 1 is 1.17 bits per heavy atom. The van der Waals surface area contributed by atoms with Gasteiger partial charge in [0.15, 0.2) is 9.84 Å². The average Bonchev–Trinajstić information content (AvgIpc) is 2.06. The molecule has 1 aromatic carbocycles. The number of benzene rings is 1. The summed E-state index contributed by atoms with van der Waals surface area (Å²) < 4.78 is 22.7. The van der Waals surface area contributed by atoms with Gasteiger partial charge in [-0.25, -0.2) is 8.42 Å². The Bertz CT molecular complexity index is 363. The van der Waals surface area contributed by atoms with Crippen molar-refractivity contribution in [1.82, 2.24) is 0 Å². The fraction of sp³-hybridized carbons (Fsp3) is 0.111. The molecule has 0 saturated heterocycles. The molecule has 0 aliphatic rings. The van der Waals surface area contributed by atoms with Crippen LogP contribution in [0.5, 0.6) is 0 Å². The molecule has 0 fully saturated rings. The summed E-state index contributed by atoms with van der Waals surface area (Å²) in [6, 6.07) is 8.35. The van der Waals surface area contributed by atoms with E-state index < -0.39 is 9.84 Å². The van der Waals surface area contributed by atoms with Gasteiger partial charge in [-0.1, -0.05) is 24.3 Å². The molecule has 1 rings (SSSR count). The van der Waals surface area contributed by atoms with Crippen molar-refractivity contribution in [3.8, 4) is 0 Å². The molecule has 0 aliphatic heterocycles. The first kappa shape index (κ1) is 9.00. The minimum atomic E-state index is -3.19. The minimum Gasteiger partial charge on any atom is -0.219 e. The van der Waals surface area contributed by atoms with E-state index in [4.69, 9.17) is 0 Å². The standard InChI is InChI=1S/C9H10O2S/c1-2-8-12(10,11)9-6-4-3-5-7-9/h2-8H,1H3/b8-2+. The molecule has 0 saturated carbocycles. The summed E-state index contributed by atoms with van der Waals surface area (Å²) in [7, 11) is -3.19. The second-order valence-electron chi connectivity index (χ2n) is 2.33. The van der Waals surface area contributed by atoms with Crippen LogP contribution in [0, 0.1) is 0 Å². The van der Waals surface area contributed by atoms with Crippen molar-refractivity contribution in [2.45, 2.75) is 11.8 Å². The van der Waals surface area contributed by atoms with Crippen molar-refractivity contribution in [1.29, 1.82) is 0 Å². The van der Waals surface area contributed by atoms with Gasteiger partial charge in [0, 0.05) is 5.41 Å². The molecule has 0 aliphatic carbocycles. The molecular formula is C9H10O2S. The summed E-state index contributed by atoms with van der Waals surface area (Å²) in [5.41, 5.74) is 0. The molecule has 64 valence electrons. The van der Waals surface area contributed by atoms with Crippen LogP contribution in [0.1, 0.15) is 6.92 Å². The van der Waals surface area contributed by atoms with Crippen LogP contribution in [-0.4, -0.2) is 8.42 Å². The van der Waals surface area contributed by atoms with Crippen molar-refractivity contribution in [2.24, 2.45) is 0 Å². The van der Waals surface area contributed by atoms with E-state index in [0.717, 1.165) is 0 Å². The fourth-order valence-electron chi connectivity index (χ4n) is 0.868. The van der Waals surface area contributed by atoms with E-state index in [0.29, 0.717) is 4.90 Å². The molecular weight excluding hydrogens is 172 g/mol. The van der Waals surface area contributed by atoms with Gasteiger partial charge in [0.2, 0.25) is 0 Å². The van der Waals surface area contributed by atoms with E-state index in [1.807, 2.05) is 0 Å².